The van der Waals surface area contributed by atoms with Gasteiger partial charge in [0.1, 0.15) is 6.23 Å². The number of amides is 3. The quantitative estimate of drug-likeness (QED) is 0.386. The van der Waals surface area contributed by atoms with Crippen molar-refractivity contribution in [3.8, 4) is 0 Å². The monoisotopic (exact) mass is 466 g/mol. The Balaban J connectivity index is 1.50. The lowest BCUT2D eigenvalue weighted by molar-refractivity contribution is -0.137. The molecule has 3 heterocycles. The van der Waals surface area contributed by atoms with E-state index in [1.807, 2.05) is 0 Å². The molecular formula is C19H27ClN8O4. The maximum atomic E-state index is 12.1. The Hall–Kier alpha value is -2.70. The van der Waals surface area contributed by atoms with Crippen LogP contribution in [0.5, 0.6) is 0 Å². The number of rotatable bonds is 6. The van der Waals surface area contributed by atoms with Crippen LogP contribution in [0.3, 0.4) is 0 Å². The molecule has 174 valence electrons. The van der Waals surface area contributed by atoms with Gasteiger partial charge in [0, 0.05) is 25.0 Å². The first-order valence-corrected chi connectivity index (χ1v) is 11.1. The van der Waals surface area contributed by atoms with Crippen molar-refractivity contribution in [2.24, 2.45) is 5.73 Å². The second-order valence-electron chi connectivity index (χ2n) is 8.08. The predicted molar refractivity (Wildman–Crippen MR) is 116 cm³/mol. The number of imidazole rings is 1. The first-order chi connectivity index (χ1) is 15.4. The van der Waals surface area contributed by atoms with Crippen molar-refractivity contribution in [3.63, 3.8) is 0 Å². The van der Waals surface area contributed by atoms with Gasteiger partial charge >= 0.3 is 6.03 Å². The Labute approximate surface area is 189 Å². The summed E-state index contributed by atoms with van der Waals surface area (Å²) in [6, 6.07) is -0.306. The van der Waals surface area contributed by atoms with Crippen LogP contribution >= 0.6 is 11.6 Å². The van der Waals surface area contributed by atoms with Crippen molar-refractivity contribution in [2.75, 3.05) is 11.9 Å². The Kier molecular flexibility index (Phi) is 6.63. The van der Waals surface area contributed by atoms with Crippen molar-refractivity contribution < 1.29 is 19.4 Å². The molecule has 32 heavy (non-hydrogen) atoms. The molecule has 3 amide bonds. The number of nitrogens with two attached hydrogens (primary N) is 1. The van der Waals surface area contributed by atoms with E-state index in [-0.39, 0.29) is 29.7 Å². The summed E-state index contributed by atoms with van der Waals surface area (Å²) in [7, 11) is 0. The van der Waals surface area contributed by atoms with E-state index in [1.54, 1.807) is 17.8 Å². The van der Waals surface area contributed by atoms with E-state index in [0.29, 0.717) is 23.5 Å². The van der Waals surface area contributed by atoms with Crippen LogP contribution < -0.4 is 21.7 Å². The summed E-state index contributed by atoms with van der Waals surface area (Å²) in [5.41, 5.74) is 6.18. The van der Waals surface area contributed by atoms with Gasteiger partial charge in [-0.05, 0) is 44.2 Å². The van der Waals surface area contributed by atoms with Crippen molar-refractivity contribution in [1.82, 2.24) is 30.2 Å². The lowest BCUT2D eigenvalue weighted by Gasteiger charge is -2.29. The Morgan fingerprint density at radius 2 is 2.00 bits per heavy atom. The molecule has 6 N–H and O–H groups in total. The average Bonchev–Trinajstić information content (AvgIpc) is 3.32. The highest BCUT2D eigenvalue weighted by atomic mass is 35.5. The number of primary amides is 1. The third kappa shape index (κ3) is 4.71. The Morgan fingerprint density at radius 1 is 1.28 bits per heavy atom. The summed E-state index contributed by atoms with van der Waals surface area (Å²) < 4.78 is 7.46. The zero-order valence-electron chi connectivity index (χ0n) is 17.6. The molecule has 12 nitrogen and oxygen atoms in total. The number of likely N-dealkylation sites (N-methyl/N-ethyl adjacent to an activating group) is 1. The Morgan fingerprint density at radius 3 is 2.69 bits per heavy atom. The third-order valence-electron chi connectivity index (χ3n) is 5.82. The van der Waals surface area contributed by atoms with Crippen molar-refractivity contribution in [3.05, 3.63) is 11.6 Å². The maximum absolute atomic E-state index is 12.1. The van der Waals surface area contributed by atoms with Gasteiger partial charge in [0.05, 0.1) is 12.4 Å². The van der Waals surface area contributed by atoms with Crippen LogP contribution in [0.2, 0.25) is 5.28 Å². The molecule has 0 aromatic carbocycles. The minimum absolute atomic E-state index is 0.0460. The first-order valence-electron chi connectivity index (χ1n) is 10.7. The summed E-state index contributed by atoms with van der Waals surface area (Å²) >= 11 is 6.19. The molecule has 1 saturated carbocycles. The number of carbonyl (C=O) groups excluding carboxylic acids is 2. The zero-order chi connectivity index (χ0) is 22.8. The van der Waals surface area contributed by atoms with Gasteiger partial charge < -0.3 is 31.5 Å². The summed E-state index contributed by atoms with van der Waals surface area (Å²) in [6.45, 7) is 2.25. The second-order valence-corrected chi connectivity index (χ2v) is 8.41. The number of hydrogen-bond acceptors (Lipinski definition) is 8. The lowest BCUT2D eigenvalue weighted by atomic mass is 9.91. The highest BCUT2D eigenvalue weighted by Gasteiger charge is 2.40. The standard InChI is InChI=1S/C19H27ClN8O4/c1-2-22-17(30)14-11(29)7-12(32-14)28-8-23-13-15(26-18(20)27-16(13)28)24-9-3-5-10(6-4-9)25-19(21)31/h8-12,14,29H,2-7H2,1H3,(H,22,30)(H3,21,25,31)(H,24,26,27)/t9?,10?,11-,12+,14-/m0/s1. The molecule has 0 bridgehead atoms. The number of nitrogens with one attached hydrogen (secondary N) is 3. The summed E-state index contributed by atoms with van der Waals surface area (Å²) in [5.74, 6) is 0.146. The minimum Gasteiger partial charge on any atom is -0.390 e. The molecule has 13 heteroatoms. The molecule has 2 aliphatic rings. The fourth-order valence-electron chi connectivity index (χ4n) is 4.31. The van der Waals surface area contributed by atoms with E-state index >= 15 is 0 Å². The topological polar surface area (TPSA) is 169 Å². The highest BCUT2D eigenvalue weighted by Crippen LogP contribution is 2.33. The molecule has 1 saturated heterocycles. The van der Waals surface area contributed by atoms with E-state index < -0.39 is 24.5 Å². The summed E-state index contributed by atoms with van der Waals surface area (Å²) in [4.78, 5) is 36.2. The highest BCUT2D eigenvalue weighted by molar-refractivity contribution is 6.28. The maximum Gasteiger partial charge on any atom is 0.312 e. The van der Waals surface area contributed by atoms with Crippen molar-refractivity contribution >= 4 is 40.5 Å². The van der Waals surface area contributed by atoms with Gasteiger partial charge in [-0.3, -0.25) is 9.36 Å². The number of carbonyl (C=O) groups is 2. The van der Waals surface area contributed by atoms with Crippen LogP contribution in [0.1, 0.15) is 45.3 Å². The number of urea groups is 1. The molecule has 2 aromatic heterocycles. The number of aliphatic hydroxyl groups excluding tert-OH is 1. The molecule has 2 fully saturated rings. The molecule has 0 radical (unpaired) electrons. The number of fused-ring (bicyclic) bond motifs is 1. The van der Waals surface area contributed by atoms with Gasteiger partial charge in [0.15, 0.2) is 23.1 Å². The molecule has 1 aliphatic heterocycles. The van der Waals surface area contributed by atoms with E-state index in [4.69, 9.17) is 22.1 Å². The average molecular weight is 467 g/mol. The van der Waals surface area contributed by atoms with Gasteiger partial charge in [-0.25, -0.2) is 9.78 Å². The predicted octanol–water partition coefficient (Wildman–Crippen LogP) is 0.656. The van der Waals surface area contributed by atoms with Gasteiger partial charge in [-0.2, -0.15) is 9.97 Å². The number of ether oxygens (including phenoxy) is 1. The van der Waals surface area contributed by atoms with Crippen LogP contribution in [-0.4, -0.2) is 67.4 Å². The molecule has 0 spiro atoms. The van der Waals surface area contributed by atoms with Crippen LogP contribution in [0.4, 0.5) is 10.6 Å². The third-order valence-corrected chi connectivity index (χ3v) is 5.99. The molecule has 3 atom stereocenters. The van der Waals surface area contributed by atoms with Gasteiger partial charge in [-0.15, -0.1) is 0 Å². The summed E-state index contributed by atoms with van der Waals surface area (Å²) in [5, 5.41) is 19.1. The first kappa shape index (κ1) is 22.5. The number of nitrogens with zero attached hydrogens (tertiary/aromatic N) is 4. The van der Waals surface area contributed by atoms with Crippen LogP contribution in [0, 0.1) is 0 Å². The number of halogens is 1. The fraction of sp³-hybridized carbons (Fsp3) is 0.632. The normalized spacial score (nSPS) is 27.9. The molecule has 1 aliphatic carbocycles. The number of anilines is 1. The SMILES string of the molecule is CCNC(=O)[C@H]1O[C@@H](n2cnc3c(NC4CCC(NC(N)=O)CC4)nc(Cl)nc32)C[C@@H]1O. The van der Waals surface area contributed by atoms with Gasteiger partial charge in [0.2, 0.25) is 5.28 Å². The minimum atomic E-state index is -0.962. The largest absolute Gasteiger partial charge is 0.390 e. The van der Waals surface area contributed by atoms with E-state index in [0.717, 1.165) is 25.7 Å². The van der Waals surface area contributed by atoms with E-state index in [2.05, 4.69) is 30.9 Å². The summed E-state index contributed by atoms with van der Waals surface area (Å²) in [6.07, 6.45) is 2.48. The van der Waals surface area contributed by atoms with E-state index in [1.165, 1.54) is 0 Å². The molecule has 0 unspecified atom stereocenters. The molecule has 4 rings (SSSR count). The van der Waals surface area contributed by atoms with Crippen LogP contribution in [-0.2, 0) is 9.53 Å². The smallest absolute Gasteiger partial charge is 0.312 e. The molecular weight excluding hydrogens is 440 g/mol. The number of aromatic nitrogens is 4. The van der Waals surface area contributed by atoms with Gasteiger partial charge in [0.25, 0.3) is 5.91 Å². The number of hydrogen-bond donors (Lipinski definition) is 5. The number of aliphatic hydroxyl groups is 1. The lowest BCUT2D eigenvalue weighted by Crippen LogP contribution is -2.42. The van der Waals surface area contributed by atoms with Gasteiger partial charge in [-0.1, -0.05) is 0 Å². The zero-order valence-corrected chi connectivity index (χ0v) is 18.4. The van der Waals surface area contributed by atoms with Crippen LogP contribution in [0.25, 0.3) is 11.2 Å². The van der Waals surface area contributed by atoms with Crippen molar-refractivity contribution in [2.45, 2.75) is 69.5 Å². The Bertz CT molecular complexity index is 993. The van der Waals surface area contributed by atoms with E-state index in [9.17, 15) is 14.7 Å². The second kappa shape index (κ2) is 9.43. The fourth-order valence-corrected chi connectivity index (χ4v) is 4.48. The van der Waals surface area contributed by atoms with Crippen LogP contribution in [0.15, 0.2) is 6.33 Å². The van der Waals surface area contributed by atoms with Crippen molar-refractivity contribution in [1.29, 1.82) is 0 Å². The molecule has 2 aromatic rings.